The van der Waals surface area contributed by atoms with E-state index in [0.29, 0.717) is 6.54 Å². The number of nitrogens with one attached hydrogen (secondary N) is 1. The Hall–Kier alpha value is -1.35. The Morgan fingerprint density at radius 3 is 2.26 bits per heavy atom. The zero-order chi connectivity index (χ0) is 14.0. The number of hydrogen-bond acceptors (Lipinski definition) is 2. The van der Waals surface area contributed by atoms with E-state index in [-0.39, 0.29) is 0 Å². The third-order valence-electron chi connectivity index (χ3n) is 4.37. The second kappa shape index (κ2) is 5.33. The Labute approximate surface area is 115 Å². The van der Waals surface area contributed by atoms with Crippen molar-refractivity contribution in [2.75, 3.05) is 6.54 Å². The lowest BCUT2D eigenvalue weighted by Gasteiger charge is -2.37. The summed E-state index contributed by atoms with van der Waals surface area (Å²) in [5.74, 6) is -0.649. The molecule has 1 aromatic rings. The lowest BCUT2D eigenvalue weighted by atomic mass is 9.69. The van der Waals surface area contributed by atoms with Crippen molar-refractivity contribution in [3.05, 3.63) is 34.4 Å². The first kappa shape index (κ1) is 14.1. The van der Waals surface area contributed by atoms with Crippen LogP contribution < -0.4 is 5.32 Å². The number of hydrogen-bond donors (Lipinski definition) is 2. The first-order chi connectivity index (χ1) is 8.94. The summed E-state index contributed by atoms with van der Waals surface area (Å²) in [6.45, 7) is 7.67. The molecule has 2 rings (SSSR count). The minimum atomic E-state index is -0.649. The highest BCUT2D eigenvalue weighted by molar-refractivity contribution is 5.76. The lowest BCUT2D eigenvalue weighted by molar-refractivity contribution is -0.154. The molecule has 19 heavy (non-hydrogen) atoms. The van der Waals surface area contributed by atoms with Crippen LogP contribution in [-0.2, 0) is 11.3 Å². The van der Waals surface area contributed by atoms with Gasteiger partial charge in [0, 0.05) is 13.1 Å². The fourth-order valence-electron chi connectivity index (χ4n) is 2.99. The predicted molar refractivity (Wildman–Crippen MR) is 76.3 cm³/mol. The fourth-order valence-corrected chi connectivity index (χ4v) is 2.99. The maximum Gasteiger partial charge on any atom is 0.310 e. The van der Waals surface area contributed by atoms with Crippen LogP contribution in [0.3, 0.4) is 0 Å². The average Bonchev–Trinajstić information content (AvgIpc) is 2.23. The van der Waals surface area contributed by atoms with Gasteiger partial charge in [0.25, 0.3) is 0 Å². The molecular formula is C16H23NO2. The molecule has 0 radical (unpaired) electrons. The van der Waals surface area contributed by atoms with Crippen molar-refractivity contribution in [3.8, 4) is 0 Å². The van der Waals surface area contributed by atoms with Crippen molar-refractivity contribution in [3.63, 3.8) is 0 Å². The molecule has 1 fully saturated rings. The third-order valence-corrected chi connectivity index (χ3v) is 4.37. The molecule has 0 aromatic heterocycles. The molecule has 0 heterocycles. The summed E-state index contributed by atoms with van der Waals surface area (Å²) in [6, 6.07) is 4.36. The topological polar surface area (TPSA) is 49.3 Å². The molecule has 0 atom stereocenters. The van der Waals surface area contributed by atoms with E-state index in [1.807, 2.05) is 0 Å². The van der Waals surface area contributed by atoms with Crippen molar-refractivity contribution < 1.29 is 9.90 Å². The monoisotopic (exact) mass is 261 g/mol. The molecule has 1 aliphatic rings. The van der Waals surface area contributed by atoms with E-state index < -0.39 is 11.4 Å². The van der Waals surface area contributed by atoms with Gasteiger partial charge in [0.15, 0.2) is 0 Å². The van der Waals surface area contributed by atoms with Crippen LogP contribution in [0.4, 0.5) is 0 Å². The van der Waals surface area contributed by atoms with Crippen LogP contribution in [0.5, 0.6) is 0 Å². The molecule has 0 saturated heterocycles. The minimum absolute atomic E-state index is 0.507. The van der Waals surface area contributed by atoms with Crippen molar-refractivity contribution in [2.24, 2.45) is 5.41 Å². The van der Waals surface area contributed by atoms with Crippen molar-refractivity contribution in [2.45, 2.75) is 46.6 Å². The van der Waals surface area contributed by atoms with Crippen LogP contribution in [0, 0.1) is 26.2 Å². The van der Waals surface area contributed by atoms with Crippen LogP contribution in [0.25, 0.3) is 0 Å². The second-order valence-electron chi connectivity index (χ2n) is 5.92. The van der Waals surface area contributed by atoms with Gasteiger partial charge in [-0.05, 0) is 50.3 Å². The molecule has 0 aliphatic heterocycles. The number of carbonyl (C=O) groups is 1. The van der Waals surface area contributed by atoms with Crippen LogP contribution in [-0.4, -0.2) is 17.6 Å². The summed E-state index contributed by atoms with van der Waals surface area (Å²) in [5.41, 5.74) is 4.63. The highest BCUT2D eigenvalue weighted by atomic mass is 16.4. The van der Waals surface area contributed by atoms with Crippen molar-refractivity contribution in [1.29, 1.82) is 0 Å². The van der Waals surface area contributed by atoms with Crippen molar-refractivity contribution in [1.82, 2.24) is 5.32 Å². The number of aryl methyl sites for hydroxylation is 3. The summed E-state index contributed by atoms with van der Waals surface area (Å²) < 4.78 is 0. The number of benzene rings is 1. The molecule has 0 spiro atoms. The summed E-state index contributed by atoms with van der Waals surface area (Å²) in [5, 5.41) is 12.6. The maximum absolute atomic E-state index is 11.3. The number of aliphatic carboxylic acids is 1. The molecule has 1 saturated carbocycles. The molecule has 2 N–H and O–H groups in total. The van der Waals surface area contributed by atoms with E-state index in [1.165, 1.54) is 22.3 Å². The Kier molecular flexibility index (Phi) is 3.95. The van der Waals surface area contributed by atoms with E-state index in [4.69, 9.17) is 0 Å². The van der Waals surface area contributed by atoms with Gasteiger partial charge in [0.1, 0.15) is 0 Å². The molecule has 1 aromatic carbocycles. The van der Waals surface area contributed by atoms with Crippen LogP contribution >= 0.6 is 0 Å². The van der Waals surface area contributed by atoms with Crippen LogP contribution in [0.2, 0.25) is 0 Å². The molecular weight excluding hydrogens is 238 g/mol. The summed E-state index contributed by atoms with van der Waals surface area (Å²) in [6.07, 6.45) is 2.65. The first-order valence-corrected chi connectivity index (χ1v) is 6.95. The number of carboxylic acids is 1. The molecule has 3 nitrogen and oxygen atoms in total. The van der Waals surface area contributed by atoms with Gasteiger partial charge in [-0.1, -0.05) is 24.1 Å². The Balaban J connectivity index is 1.98. The van der Waals surface area contributed by atoms with E-state index in [9.17, 15) is 9.90 Å². The highest BCUT2D eigenvalue weighted by Gasteiger charge is 2.43. The lowest BCUT2D eigenvalue weighted by Crippen LogP contribution is -2.46. The average molecular weight is 261 g/mol. The normalized spacial score (nSPS) is 17.0. The molecule has 0 amide bonds. The largest absolute Gasteiger partial charge is 0.481 e. The third kappa shape index (κ3) is 2.81. The van der Waals surface area contributed by atoms with Gasteiger partial charge in [-0.25, -0.2) is 0 Å². The summed E-state index contributed by atoms with van der Waals surface area (Å²) in [4.78, 5) is 11.3. The summed E-state index contributed by atoms with van der Waals surface area (Å²) >= 11 is 0. The molecule has 3 heteroatoms. The second-order valence-corrected chi connectivity index (χ2v) is 5.92. The SMILES string of the molecule is Cc1cc(C)c(CNCC2(C(=O)O)CCC2)c(C)c1. The van der Waals surface area contributed by atoms with E-state index in [2.05, 4.69) is 38.2 Å². The zero-order valence-corrected chi connectivity index (χ0v) is 12.0. The van der Waals surface area contributed by atoms with Crippen LogP contribution in [0.1, 0.15) is 41.5 Å². The Morgan fingerprint density at radius 1 is 1.26 bits per heavy atom. The smallest absolute Gasteiger partial charge is 0.310 e. The molecule has 0 bridgehead atoms. The predicted octanol–water partition coefficient (Wildman–Crippen LogP) is 2.96. The molecule has 0 unspecified atom stereocenters. The van der Waals surface area contributed by atoms with Gasteiger partial charge in [0.2, 0.25) is 0 Å². The van der Waals surface area contributed by atoms with E-state index >= 15 is 0 Å². The van der Waals surface area contributed by atoms with Gasteiger partial charge >= 0.3 is 5.97 Å². The highest BCUT2D eigenvalue weighted by Crippen LogP contribution is 2.40. The van der Waals surface area contributed by atoms with E-state index in [1.54, 1.807) is 0 Å². The quantitative estimate of drug-likeness (QED) is 0.856. The Bertz CT molecular complexity index is 467. The summed E-state index contributed by atoms with van der Waals surface area (Å²) in [7, 11) is 0. The van der Waals surface area contributed by atoms with E-state index in [0.717, 1.165) is 25.8 Å². The number of carboxylic acid groups (broad SMARTS) is 1. The van der Waals surface area contributed by atoms with Gasteiger partial charge < -0.3 is 10.4 Å². The molecule has 104 valence electrons. The maximum atomic E-state index is 11.3. The van der Waals surface area contributed by atoms with Gasteiger partial charge in [-0.2, -0.15) is 0 Å². The number of rotatable bonds is 5. The Morgan fingerprint density at radius 2 is 1.84 bits per heavy atom. The first-order valence-electron chi connectivity index (χ1n) is 6.95. The van der Waals surface area contributed by atoms with Gasteiger partial charge in [-0.3, -0.25) is 4.79 Å². The minimum Gasteiger partial charge on any atom is -0.481 e. The fraction of sp³-hybridized carbons (Fsp3) is 0.562. The van der Waals surface area contributed by atoms with Gasteiger partial charge in [0.05, 0.1) is 5.41 Å². The van der Waals surface area contributed by atoms with Crippen LogP contribution in [0.15, 0.2) is 12.1 Å². The zero-order valence-electron chi connectivity index (χ0n) is 12.0. The molecule has 1 aliphatic carbocycles. The van der Waals surface area contributed by atoms with Gasteiger partial charge in [-0.15, -0.1) is 0 Å². The standard InChI is InChI=1S/C16H23NO2/c1-11-7-12(2)14(13(3)8-11)9-17-10-16(15(18)19)5-4-6-16/h7-8,17H,4-6,9-10H2,1-3H3,(H,18,19). The van der Waals surface area contributed by atoms with Crippen molar-refractivity contribution >= 4 is 5.97 Å².